The van der Waals surface area contributed by atoms with E-state index >= 15 is 0 Å². The lowest BCUT2D eigenvalue weighted by atomic mass is 10.1. The zero-order chi connectivity index (χ0) is 13.8. The molecule has 1 aromatic rings. The van der Waals surface area contributed by atoms with E-state index in [1.807, 2.05) is 23.5 Å². The van der Waals surface area contributed by atoms with E-state index in [0.29, 0.717) is 0 Å². The summed E-state index contributed by atoms with van der Waals surface area (Å²) in [6, 6.07) is 10.8. The van der Waals surface area contributed by atoms with Gasteiger partial charge in [-0.15, -0.1) is 23.5 Å². The Morgan fingerprint density at radius 1 is 1.00 bits per heavy atom. The first-order chi connectivity index (χ1) is 9.36. The lowest BCUT2D eigenvalue weighted by Crippen LogP contribution is -1.89. The van der Waals surface area contributed by atoms with Crippen LogP contribution in [0.15, 0.2) is 40.6 Å². The van der Waals surface area contributed by atoms with Gasteiger partial charge in [-0.25, -0.2) is 0 Å². The molecule has 0 fully saturated rings. The van der Waals surface area contributed by atoms with Crippen LogP contribution in [0.2, 0.25) is 0 Å². The standard InChI is InChI=1S/C17H26S2/c1-3-5-12-18-15-17(19-13-6-4-2)14-16-10-8-7-9-11-16/h7-11,15H,3-6,12-14H2,1-2H3/b17-15-. The van der Waals surface area contributed by atoms with E-state index in [2.05, 4.69) is 49.6 Å². The first-order valence-corrected chi connectivity index (χ1v) is 9.37. The molecular formula is C17H26S2. The highest BCUT2D eigenvalue weighted by atomic mass is 32.2. The summed E-state index contributed by atoms with van der Waals surface area (Å²) in [6.07, 6.45) is 6.30. The molecule has 0 unspecified atom stereocenters. The molecule has 0 radical (unpaired) electrons. The molecule has 19 heavy (non-hydrogen) atoms. The van der Waals surface area contributed by atoms with Gasteiger partial charge < -0.3 is 0 Å². The second kappa shape index (κ2) is 11.5. The Morgan fingerprint density at radius 2 is 1.68 bits per heavy atom. The number of rotatable bonds is 10. The minimum absolute atomic E-state index is 1.09. The first-order valence-electron chi connectivity index (χ1n) is 7.34. The van der Waals surface area contributed by atoms with Crippen LogP contribution >= 0.6 is 23.5 Å². The maximum absolute atomic E-state index is 2.39. The van der Waals surface area contributed by atoms with Crippen molar-refractivity contribution in [2.45, 2.75) is 46.0 Å². The van der Waals surface area contributed by atoms with Gasteiger partial charge in [-0.2, -0.15) is 0 Å². The summed E-state index contributed by atoms with van der Waals surface area (Å²) in [5.41, 5.74) is 1.42. The molecule has 2 heteroatoms. The molecular weight excluding hydrogens is 268 g/mol. The van der Waals surface area contributed by atoms with Gasteiger partial charge in [-0.3, -0.25) is 0 Å². The van der Waals surface area contributed by atoms with E-state index in [1.54, 1.807) is 0 Å². The molecule has 0 atom stereocenters. The summed E-state index contributed by atoms with van der Waals surface area (Å²) in [7, 11) is 0. The lowest BCUT2D eigenvalue weighted by Gasteiger charge is -2.07. The second-order valence-electron chi connectivity index (χ2n) is 4.67. The Kier molecular flexibility index (Phi) is 10.1. The van der Waals surface area contributed by atoms with Crippen molar-refractivity contribution in [3.05, 3.63) is 46.2 Å². The first kappa shape index (κ1) is 16.7. The number of unbranched alkanes of at least 4 members (excludes halogenated alkanes) is 2. The molecule has 0 N–H and O–H groups in total. The molecule has 0 saturated heterocycles. The third-order valence-corrected chi connectivity index (χ3v) is 5.09. The van der Waals surface area contributed by atoms with Crippen LogP contribution in [0.1, 0.15) is 45.1 Å². The second-order valence-corrected chi connectivity index (χ2v) is 6.87. The molecule has 0 aliphatic heterocycles. The predicted octanol–water partition coefficient (Wildman–Crippen LogP) is 6.14. The third-order valence-electron chi connectivity index (χ3n) is 2.84. The molecule has 0 spiro atoms. The molecule has 0 aliphatic rings. The maximum Gasteiger partial charge on any atom is 0.00395 e. The molecule has 0 saturated carbocycles. The quantitative estimate of drug-likeness (QED) is 0.475. The van der Waals surface area contributed by atoms with Gasteiger partial charge in [0.1, 0.15) is 0 Å². The van der Waals surface area contributed by atoms with Gasteiger partial charge in [0, 0.05) is 6.42 Å². The van der Waals surface area contributed by atoms with Crippen LogP contribution in [0.5, 0.6) is 0 Å². The highest BCUT2D eigenvalue weighted by Gasteiger charge is 2.01. The molecule has 1 aromatic carbocycles. The topological polar surface area (TPSA) is 0 Å². The van der Waals surface area contributed by atoms with Crippen molar-refractivity contribution in [1.29, 1.82) is 0 Å². The minimum atomic E-state index is 1.09. The maximum atomic E-state index is 2.39. The summed E-state index contributed by atoms with van der Waals surface area (Å²) in [5, 5.41) is 2.39. The van der Waals surface area contributed by atoms with Crippen molar-refractivity contribution >= 4 is 23.5 Å². The molecule has 0 amide bonds. The molecule has 1 rings (SSSR count). The summed E-state index contributed by atoms with van der Waals surface area (Å²) < 4.78 is 0. The largest absolute Gasteiger partial charge is 0.133 e. The van der Waals surface area contributed by atoms with E-state index in [1.165, 1.54) is 47.7 Å². The van der Waals surface area contributed by atoms with Gasteiger partial charge in [0.05, 0.1) is 0 Å². The smallest absolute Gasteiger partial charge is 0.00395 e. The molecule has 0 bridgehead atoms. The van der Waals surface area contributed by atoms with Crippen LogP contribution in [0.3, 0.4) is 0 Å². The molecule has 0 nitrogen and oxygen atoms in total. The van der Waals surface area contributed by atoms with E-state index < -0.39 is 0 Å². The number of hydrogen-bond donors (Lipinski definition) is 0. The van der Waals surface area contributed by atoms with Crippen LogP contribution in [-0.2, 0) is 6.42 Å². The fourth-order valence-corrected chi connectivity index (χ4v) is 3.93. The van der Waals surface area contributed by atoms with Crippen molar-refractivity contribution in [2.75, 3.05) is 11.5 Å². The monoisotopic (exact) mass is 294 g/mol. The SMILES string of the molecule is CCCCS/C=C(/Cc1ccccc1)SCCCC. The highest BCUT2D eigenvalue weighted by Crippen LogP contribution is 2.25. The van der Waals surface area contributed by atoms with E-state index in [-0.39, 0.29) is 0 Å². The summed E-state index contributed by atoms with van der Waals surface area (Å²) >= 11 is 4.02. The molecule has 0 aromatic heterocycles. The van der Waals surface area contributed by atoms with Gasteiger partial charge in [-0.1, -0.05) is 57.0 Å². The zero-order valence-corrected chi connectivity index (χ0v) is 13.9. The number of hydrogen-bond acceptors (Lipinski definition) is 2. The van der Waals surface area contributed by atoms with Crippen LogP contribution in [0.4, 0.5) is 0 Å². The van der Waals surface area contributed by atoms with E-state index in [4.69, 9.17) is 0 Å². The summed E-state index contributed by atoms with van der Waals surface area (Å²) in [4.78, 5) is 1.53. The summed E-state index contributed by atoms with van der Waals surface area (Å²) in [5.74, 6) is 2.51. The molecule has 106 valence electrons. The summed E-state index contributed by atoms with van der Waals surface area (Å²) in [6.45, 7) is 4.52. The van der Waals surface area contributed by atoms with Gasteiger partial charge in [0.2, 0.25) is 0 Å². The average Bonchev–Trinajstić information content (AvgIpc) is 2.44. The fourth-order valence-electron chi connectivity index (χ4n) is 1.65. The van der Waals surface area contributed by atoms with Crippen LogP contribution in [0, 0.1) is 0 Å². The van der Waals surface area contributed by atoms with E-state index in [0.717, 1.165) is 6.42 Å². The highest BCUT2D eigenvalue weighted by molar-refractivity contribution is 8.06. The van der Waals surface area contributed by atoms with Crippen molar-refractivity contribution in [3.8, 4) is 0 Å². The number of thioether (sulfide) groups is 2. The lowest BCUT2D eigenvalue weighted by molar-refractivity contribution is 0.896. The molecule has 0 heterocycles. The fraction of sp³-hybridized carbons (Fsp3) is 0.529. The number of allylic oxidation sites excluding steroid dienone is 1. The van der Waals surface area contributed by atoms with Gasteiger partial charge >= 0.3 is 0 Å². The van der Waals surface area contributed by atoms with Crippen molar-refractivity contribution in [3.63, 3.8) is 0 Å². The zero-order valence-electron chi connectivity index (χ0n) is 12.2. The Hall–Kier alpha value is -0.340. The van der Waals surface area contributed by atoms with Gasteiger partial charge in [-0.05, 0) is 40.2 Å². The van der Waals surface area contributed by atoms with Crippen molar-refractivity contribution in [2.24, 2.45) is 0 Å². The van der Waals surface area contributed by atoms with Gasteiger partial charge in [0.25, 0.3) is 0 Å². The average molecular weight is 295 g/mol. The normalized spacial score (nSPS) is 11.8. The van der Waals surface area contributed by atoms with Crippen molar-refractivity contribution in [1.82, 2.24) is 0 Å². The van der Waals surface area contributed by atoms with Gasteiger partial charge in [0.15, 0.2) is 0 Å². The Morgan fingerprint density at radius 3 is 2.37 bits per heavy atom. The third kappa shape index (κ3) is 8.43. The van der Waals surface area contributed by atoms with E-state index in [9.17, 15) is 0 Å². The Bertz CT molecular complexity index is 344. The van der Waals surface area contributed by atoms with Crippen LogP contribution in [0.25, 0.3) is 0 Å². The Balaban J connectivity index is 2.48. The predicted molar refractivity (Wildman–Crippen MR) is 93.0 cm³/mol. The minimum Gasteiger partial charge on any atom is -0.133 e. The van der Waals surface area contributed by atoms with Crippen LogP contribution in [-0.4, -0.2) is 11.5 Å². The van der Waals surface area contributed by atoms with Crippen LogP contribution < -0.4 is 0 Å². The Labute approximate surface area is 127 Å². The van der Waals surface area contributed by atoms with Crippen molar-refractivity contribution < 1.29 is 0 Å². The molecule has 0 aliphatic carbocycles. The number of benzene rings is 1.